The molecule has 0 aliphatic carbocycles. The van der Waals surface area contributed by atoms with Crippen molar-refractivity contribution in [3.05, 3.63) is 71.8 Å². The molecule has 0 amide bonds. The number of benzene rings is 2. The molecule has 0 aromatic heterocycles. The highest BCUT2D eigenvalue weighted by Crippen LogP contribution is 2.40. The van der Waals surface area contributed by atoms with E-state index >= 15 is 0 Å². The second kappa shape index (κ2) is 10.2. The number of carbonyl (C=O) groups is 1. The average molecular weight is 430 g/mol. The Bertz CT molecular complexity index is 655. The van der Waals surface area contributed by atoms with Crippen molar-refractivity contribution in [2.24, 2.45) is 0 Å². The summed E-state index contributed by atoms with van der Waals surface area (Å²) in [4.78, 5) is 16.0. The van der Waals surface area contributed by atoms with E-state index in [1.807, 2.05) is 19.1 Å². The van der Waals surface area contributed by atoms with Gasteiger partial charge in [-0.25, -0.2) is 0 Å². The van der Waals surface area contributed by atoms with E-state index in [0.717, 1.165) is 30.6 Å². The fraction of sp³-hybridized carbons (Fsp3) is 0.458. The van der Waals surface area contributed by atoms with Crippen molar-refractivity contribution < 1.29 is 4.79 Å². The maximum atomic E-state index is 13.4. The Morgan fingerprint density at radius 1 is 0.926 bits per heavy atom. The van der Waals surface area contributed by atoms with Gasteiger partial charge in [-0.2, -0.15) is 0 Å². The third-order valence-corrected chi connectivity index (χ3v) is 5.95. The van der Waals surface area contributed by atoms with Gasteiger partial charge in [-0.15, -0.1) is 17.0 Å². The molecule has 2 aromatic carbocycles. The van der Waals surface area contributed by atoms with Crippen molar-refractivity contribution in [2.45, 2.75) is 57.4 Å². The van der Waals surface area contributed by atoms with Crippen molar-refractivity contribution in [3.8, 4) is 0 Å². The van der Waals surface area contributed by atoms with Crippen LogP contribution in [0.1, 0.15) is 57.1 Å². The number of halogens is 1. The Labute approximate surface area is 174 Å². The van der Waals surface area contributed by atoms with Crippen LogP contribution in [0.3, 0.4) is 0 Å². The molecular formula is C24H32BrNO. The topological polar surface area (TPSA) is 20.3 Å². The van der Waals surface area contributed by atoms with Crippen LogP contribution in [0.5, 0.6) is 0 Å². The number of likely N-dealkylation sites (tertiary alicyclic amines) is 1. The summed E-state index contributed by atoms with van der Waals surface area (Å²) in [7, 11) is 0. The maximum absolute atomic E-state index is 13.4. The molecule has 27 heavy (non-hydrogen) atoms. The minimum atomic E-state index is -0.561. The van der Waals surface area contributed by atoms with E-state index < -0.39 is 5.41 Å². The standard InChI is InChI=1S/C24H31NO.BrH/c1-3-23(26)24(21-13-7-4-8-14-21,22-15-9-5-10-16-22)19-20(2)25-17-11-6-12-18-25;/h4-5,7-10,13-16,20H,3,6,11-12,17-19H2,1-2H3;1H. The van der Waals surface area contributed by atoms with Crippen LogP contribution in [0.2, 0.25) is 0 Å². The molecule has 146 valence electrons. The van der Waals surface area contributed by atoms with Gasteiger partial charge in [-0.3, -0.25) is 4.79 Å². The number of Topliss-reactive ketones (excluding diaryl/α,β-unsaturated/α-hetero) is 1. The maximum Gasteiger partial charge on any atom is 0.147 e. The summed E-state index contributed by atoms with van der Waals surface area (Å²) in [6.45, 7) is 6.60. The van der Waals surface area contributed by atoms with Gasteiger partial charge in [0.15, 0.2) is 0 Å². The van der Waals surface area contributed by atoms with Crippen LogP contribution in [0.4, 0.5) is 0 Å². The first kappa shape index (κ1) is 21.8. The summed E-state index contributed by atoms with van der Waals surface area (Å²) in [6, 6.07) is 21.2. The molecule has 1 aliphatic rings. The summed E-state index contributed by atoms with van der Waals surface area (Å²) < 4.78 is 0. The molecule has 0 saturated carbocycles. The van der Waals surface area contributed by atoms with Gasteiger partial charge in [0.2, 0.25) is 0 Å². The van der Waals surface area contributed by atoms with Crippen LogP contribution in [-0.2, 0) is 10.2 Å². The SMILES string of the molecule is Br.CCC(=O)C(CC(C)N1CCCCC1)(c1ccccc1)c1ccccc1. The summed E-state index contributed by atoms with van der Waals surface area (Å²) in [5, 5.41) is 0. The van der Waals surface area contributed by atoms with Crippen LogP contribution >= 0.6 is 17.0 Å². The third kappa shape index (κ3) is 4.70. The predicted molar refractivity (Wildman–Crippen MR) is 119 cm³/mol. The van der Waals surface area contributed by atoms with Crippen molar-refractivity contribution in [1.29, 1.82) is 0 Å². The lowest BCUT2D eigenvalue weighted by atomic mass is 9.66. The van der Waals surface area contributed by atoms with E-state index in [0.29, 0.717) is 18.2 Å². The van der Waals surface area contributed by atoms with Gasteiger partial charge in [0.25, 0.3) is 0 Å². The molecule has 1 heterocycles. The molecule has 1 unspecified atom stereocenters. The first-order valence-electron chi connectivity index (χ1n) is 10.1. The van der Waals surface area contributed by atoms with Crippen LogP contribution in [0.15, 0.2) is 60.7 Å². The van der Waals surface area contributed by atoms with Gasteiger partial charge in [0, 0.05) is 12.5 Å². The Morgan fingerprint density at radius 2 is 1.41 bits per heavy atom. The largest absolute Gasteiger partial charge is 0.301 e. The lowest BCUT2D eigenvalue weighted by molar-refractivity contribution is -0.123. The number of piperidine rings is 1. The lowest BCUT2D eigenvalue weighted by Crippen LogP contribution is -2.46. The van der Waals surface area contributed by atoms with Crippen molar-refractivity contribution >= 4 is 22.8 Å². The average Bonchev–Trinajstić information content (AvgIpc) is 2.73. The lowest BCUT2D eigenvalue weighted by Gasteiger charge is -2.40. The quantitative estimate of drug-likeness (QED) is 0.554. The second-order valence-electron chi connectivity index (χ2n) is 7.56. The minimum absolute atomic E-state index is 0. The predicted octanol–water partition coefficient (Wildman–Crippen LogP) is 5.79. The zero-order chi connectivity index (χ0) is 18.4. The second-order valence-corrected chi connectivity index (χ2v) is 7.56. The highest BCUT2D eigenvalue weighted by atomic mass is 79.9. The highest BCUT2D eigenvalue weighted by molar-refractivity contribution is 8.93. The van der Waals surface area contributed by atoms with Crippen molar-refractivity contribution in [3.63, 3.8) is 0 Å². The number of nitrogens with zero attached hydrogens (tertiary/aromatic N) is 1. The number of hydrogen-bond donors (Lipinski definition) is 0. The first-order chi connectivity index (χ1) is 12.7. The molecular weight excluding hydrogens is 398 g/mol. The monoisotopic (exact) mass is 429 g/mol. The molecule has 2 nitrogen and oxygen atoms in total. The first-order valence-corrected chi connectivity index (χ1v) is 10.1. The van der Waals surface area contributed by atoms with Crippen LogP contribution in [0, 0.1) is 0 Å². The summed E-state index contributed by atoms with van der Waals surface area (Å²) >= 11 is 0. The smallest absolute Gasteiger partial charge is 0.147 e. The van der Waals surface area contributed by atoms with Gasteiger partial charge in [0.1, 0.15) is 5.78 Å². The number of rotatable bonds is 7. The molecule has 1 saturated heterocycles. The van der Waals surface area contributed by atoms with E-state index in [4.69, 9.17) is 0 Å². The normalized spacial score (nSPS) is 16.4. The minimum Gasteiger partial charge on any atom is -0.301 e. The summed E-state index contributed by atoms with van der Waals surface area (Å²) in [5.41, 5.74) is 1.69. The fourth-order valence-corrected chi connectivity index (χ4v) is 4.52. The van der Waals surface area contributed by atoms with E-state index in [1.54, 1.807) is 0 Å². The van der Waals surface area contributed by atoms with Gasteiger partial charge in [0.05, 0.1) is 5.41 Å². The number of hydrogen-bond acceptors (Lipinski definition) is 2. The Morgan fingerprint density at radius 3 is 1.85 bits per heavy atom. The number of carbonyl (C=O) groups excluding carboxylic acids is 1. The van der Waals surface area contributed by atoms with Gasteiger partial charge in [-0.1, -0.05) is 74.0 Å². The van der Waals surface area contributed by atoms with E-state index in [1.165, 1.54) is 19.3 Å². The van der Waals surface area contributed by atoms with E-state index in [2.05, 4.69) is 60.4 Å². The summed E-state index contributed by atoms with van der Waals surface area (Å²) in [6.07, 6.45) is 5.27. The molecule has 1 fully saturated rings. The van der Waals surface area contributed by atoms with Crippen LogP contribution in [-0.4, -0.2) is 29.8 Å². The van der Waals surface area contributed by atoms with E-state index in [9.17, 15) is 4.79 Å². The van der Waals surface area contributed by atoms with Gasteiger partial charge in [-0.05, 0) is 50.4 Å². The molecule has 2 aromatic rings. The molecule has 0 bridgehead atoms. The van der Waals surface area contributed by atoms with E-state index in [-0.39, 0.29) is 17.0 Å². The highest BCUT2D eigenvalue weighted by Gasteiger charge is 2.42. The number of ketones is 1. The fourth-order valence-electron chi connectivity index (χ4n) is 4.52. The Kier molecular flexibility index (Phi) is 8.25. The summed E-state index contributed by atoms with van der Waals surface area (Å²) in [5.74, 6) is 0.318. The molecule has 1 aliphatic heterocycles. The molecule has 0 N–H and O–H groups in total. The van der Waals surface area contributed by atoms with Gasteiger partial charge < -0.3 is 4.90 Å². The molecule has 3 heteroatoms. The molecule has 0 radical (unpaired) electrons. The Hall–Kier alpha value is -1.45. The Balaban J connectivity index is 0.00000261. The molecule has 0 spiro atoms. The third-order valence-electron chi connectivity index (χ3n) is 5.95. The van der Waals surface area contributed by atoms with Crippen molar-refractivity contribution in [1.82, 2.24) is 4.90 Å². The molecule has 3 rings (SSSR count). The van der Waals surface area contributed by atoms with Crippen molar-refractivity contribution in [2.75, 3.05) is 13.1 Å². The van der Waals surface area contributed by atoms with Crippen LogP contribution in [0.25, 0.3) is 0 Å². The van der Waals surface area contributed by atoms with Crippen LogP contribution < -0.4 is 0 Å². The van der Waals surface area contributed by atoms with Gasteiger partial charge >= 0.3 is 0 Å². The zero-order valence-corrected chi connectivity index (χ0v) is 18.3. The molecule has 1 atom stereocenters. The zero-order valence-electron chi connectivity index (χ0n) is 16.6.